The van der Waals surface area contributed by atoms with Gasteiger partial charge in [0.05, 0.1) is 0 Å². The summed E-state index contributed by atoms with van der Waals surface area (Å²) in [5, 5.41) is 0. The van der Waals surface area contributed by atoms with Gasteiger partial charge in [-0.05, 0) is 19.3 Å². The fourth-order valence-electron chi connectivity index (χ4n) is 0.617. The molecule has 2 nitrogen and oxygen atoms in total. The van der Waals surface area contributed by atoms with Crippen LogP contribution < -0.4 is 0 Å². The molecule has 0 aromatic heterocycles. The molecule has 1 fully saturated rings. The van der Waals surface area contributed by atoms with Gasteiger partial charge in [0, 0.05) is 12.1 Å². The Labute approximate surface area is 55.0 Å². The van der Waals surface area contributed by atoms with Gasteiger partial charge >= 0.3 is 0 Å². The molecule has 0 heterocycles. The van der Waals surface area contributed by atoms with Crippen LogP contribution in [0.25, 0.3) is 0 Å². The number of hydrogen-bond acceptors (Lipinski definition) is 1. The molecule has 1 rings (SSSR count). The highest BCUT2D eigenvalue weighted by Gasteiger charge is 2.28. The van der Waals surface area contributed by atoms with Crippen molar-refractivity contribution in [2.75, 3.05) is 0 Å². The maximum absolute atomic E-state index is 10.8. The Morgan fingerprint density at radius 3 is 2.89 bits per heavy atom. The minimum absolute atomic E-state index is 0.0804. The van der Waals surface area contributed by atoms with Crippen molar-refractivity contribution in [2.45, 2.75) is 26.2 Å². The van der Waals surface area contributed by atoms with Crippen LogP contribution in [0.2, 0.25) is 0 Å². The van der Waals surface area contributed by atoms with Crippen LogP contribution >= 0.6 is 0 Å². The standard InChI is InChI=1S/C7H11NO/c1-2-5-8-7(9)6-3-4-6/h5-6H,2-4H2,1H3. The van der Waals surface area contributed by atoms with Crippen LogP contribution in [0.4, 0.5) is 0 Å². The van der Waals surface area contributed by atoms with Gasteiger partial charge in [-0.15, -0.1) is 0 Å². The Bertz CT molecular complexity index is 136. The predicted molar refractivity (Wildman–Crippen MR) is 36.5 cm³/mol. The van der Waals surface area contributed by atoms with Gasteiger partial charge in [-0.25, -0.2) is 4.99 Å². The van der Waals surface area contributed by atoms with E-state index in [0.717, 1.165) is 19.3 Å². The third-order valence-corrected chi connectivity index (χ3v) is 1.33. The van der Waals surface area contributed by atoms with Crippen LogP contribution in [0.3, 0.4) is 0 Å². The number of carbonyl (C=O) groups is 1. The van der Waals surface area contributed by atoms with Crippen molar-refractivity contribution in [1.82, 2.24) is 0 Å². The molecule has 0 N–H and O–H groups in total. The average Bonchev–Trinajstić information content (AvgIpc) is 2.63. The lowest BCUT2D eigenvalue weighted by Gasteiger charge is -1.83. The summed E-state index contributed by atoms with van der Waals surface area (Å²) in [6.45, 7) is 1.98. The number of rotatable bonds is 2. The SMILES string of the molecule is CCC=NC(=O)C1CC1. The summed E-state index contributed by atoms with van der Waals surface area (Å²) in [5.41, 5.74) is 0. The van der Waals surface area contributed by atoms with Gasteiger partial charge < -0.3 is 0 Å². The topological polar surface area (TPSA) is 29.4 Å². The maximum atomic E-state index is 10.8. The van der Waals surface area contributed by atoms with Gasteiger partial charge in [0.25, 0.3) is 0 Å². The molecule has 0 spiro atoms. The van der Waals surface area contributed by atoms with Gasteiger partial charge in [-0.2, -0.15) is 0 Å². The lowest BCUT2D eigenvalue weighted by molar-refractivity contribution is -0.118. The van der Waals surface area contributed by atoms with E-state index in [1.807, 2.05) is 6.92 Å². The highest BCUT2D eigenvalue weighted by Crippen LogP contribution is 2.29. The van der Waals surface area contributed by atoms with Crippen LogP contribution in [-0.2, 0) is 4.79 Å². The van der Waals surface area contributed by atoms with Gasteiger partial charge in [0.15, 0.2) is 0 Å². The predicted octanol–water partition coefficient (Wildman–Crippen LogP) is 1.40. The second-order valence-electron chi connectivity index (χ2n) is 2.33. The third-order valence-electron chi connectivity index (χ3n) is 1.33. The molecule has 50 valence electrons. The molecule has 1 aliphatic carbocycles. The van der Waals surface area contributed by atoms with Crippen molar-refractivity contribution < 1.29 is 4.79 Å². The zero-order valence-corrected chi connectivity index (χ0v) is 5.63. The normalized spacial score (nSPS) is 18.8. The molecule has 0 unspecified atom stereocenters. The van der Waals surface area contributed by atoms with Crippen LogP contribution in [0.5, 0.6) is 0 Å². The second kappa shape index (κ2) is 2.76. The zero-order chi connectivity index (χ0) is 6.69. The Kier molecular flexibility index (Phi) is 1.98. The Morgan fingerprint density at radius 2 is 2.44 bits per heavy atom. The smallest absolute Gasteiger partial charge is 0.248 e. The van der Waals surface area contributed by atoms with Crippen LogP contribution in [-0.4, -0.2) is 12.1 Å². The Morgan fingerprint density at radius 1 is 1.78 bits per heavy atom. The van der Waals surface area contributed by atoms with Crippen LogP contribution in [0.1, 0.15) is 26.2 Å². The van der Waals surface area contributed by atoms with Crippen LogP contribution in [0, 0.1) is 5.92 Å². The van der Waals surface area contributed by atoms with E-state index in [2.05, 4.69) is 4.99 Å². The molecule has 1 amide bonds. The quantitative estimate of drug-likeness (QED) is 0.513. The first-order valence-electron chi connectivity index (χ1n) is 3.41. The fourth-order valence-corrected chi connectivity index (χ4v) is 0.617. The van der Waals surface area contributed by atoms with E-state index in [0.29, 0.717) is 0 Å². The van der Waals surface area contributed by atoms with E-state index in [1.165, 1.54) is 0 Å². The summed E-state index contributed by atoms with van der Waals surface area (Å²) < 4.78 is 0. The van der Waals surface area contributed by atoms with E-state index < -0.39 is 0 Å². The molecule has 0 saturated heterocycles. The number of amides is 1. The van der Waals surface area contributed by atoms with Gasteiger partial charge in [-0.3, -0.25) is 4.79 Å². The summed E-state index contributed by atoms with van der Waals surface area (Å²) in [6.07, 6.45) is 4.65. The van der Waals surface area contributed by atoms with E-state index in [1.54, 1.807) is 6.21 Å². The van der Waals surface area contributed by atoms with Crippen molar-refractivity contribution in [3.8, 4) is 0 Å². The van der Waals surface area contributed by atoms with Crippen molar-refractivity contribution in [2.24, 2.45) is 10.9 Å². The minimum Gasteiger partial charge on any atom is -0.272 e. The lowest BCUT2D eigenvalue weighted by atomic mass is 10.4. The zero-order valence-electron chi connectivity index (χ0n) is 5.63. The maximum Gasteiger partial charge on any atom is 0.248 e. The summed E-state index contributed by atoms with van der Waals surface area (Å²) in [5.74, 6) is 0.365. The number of nitrogens with zero attached hydrogens (tertiary/aromatic N) is 1. The first kappa shape index (κ1) is 6.46. The van der Waals surface area contributed by atoms with E-state index in [9.17, 15) is 4.79 Å². The molecule has 0 radical (unpaired) electrons. The fraction of sp³-hybridized carbons (Fsp3) is 0.714. The monoisotopic (exact) mass is 125 g/mol. The molecule has 0 aromatic rings. The first-order valence-corrected chi connectivity index (χ1v) is 3.41. The first-order chi connectivity index (χ1) is 4.34. The van der Waals surface area contributed by atoms with Gasteiger partial charge in [0.2, 0.25) is 5.91 Å². The molecular formula is C7H11NO. The highest BCUT2D eigenvalue weighted by molar-refractivity contribution is 5.88. The van der Waals surface area contributed by atoms with Gasteiger partial charge in [-0.1, -0.05) is 6.92 Å². The van der Waals surface area contributed by atoms with E-state index in [-0.39, 0.29) is 11.8 Å². The van der Waals surface area contributed by atoms with Crippen molar-refractivity contribution in [3.05, 3.63) is 0 Å². The largest absolute Gasteiger partial charge is 0.272 e. The Hall–Kier alpha value is -0.660. The summed E-state index contributed by atoms with van der Waals surface area (Å²) >= 11 is 0. The molecule has 0 bridgehead atoms. The van der Waals surface area contributed by atoms with E-state index >= 15 is 0 Å². The molecule has 0 atom stereocenters. The lowest BCUT2D eigenvalue weighted by Crippen LogP contribution is -1.94. The van der Waals surface area contributed by atoms with Crippen molar-refractivity contribution in [1.29, 1.82) is 0 Å². The minimum atomic E-state index is 0.0804. The average molecular weight is 125 g/mol. The highest BCUT2D eigenvalue weighted by atomic mass is 16.1. The summed E-state index contributed by atoms with van der Waals surface area (Å²) in [7, 11) is 0. The molecule has 1 aliphatic rings. The number of carbonyl (C=O) groups excluding carboxylic acids is 1. The Balaban J connectivity index is 2.25. The molecule has 0 aromatic carbocycles. The van der Waals surface area contributed by atoms with Crippen molar-refractivity contribution in [3.63, 3.8) is 0 Å². The summed E-state index contributed by atoms with van der Waals surface area (Å²) in [6, 6.07) is 0. The molecule has 2 heteroatoms. The summed E-state index contributed by atoms with van der Waals surface area (Å²) in [4.78, 5) is 14.5. The molecule has 0 aliphatic heterocycles. The van der Waals surface area contributed by atoms with Crippen LogP contribution in [0.15, 0.2) is 4.99 Å². The van der Waals surface area contributed by atoms with Gasteiger partial charge in [0.1, 0.15) is 0 Å². The number of hydrogen-bond donors (Lipinski definition) is 0. The van der Waals surface area contributed by atoms with E-state index in [4.69, 9.17) is 0 Å². The second-order valence-corrected chi connectivity index (χ2v) is 2.33. The molecular weight excluding hydrogens is 114 g/mol. The molecule has 9 heavy (non-hydrogen) atoms. The number of aliphatic imine (C=N–C) groups is 1. The third kappa shape index (κ3) is 1.96. The molecule has 1 saturated carbocycles. The van der Waals surface area contributed by atoms with Crippen molar-refractivity contribution >= 4 is 12.1 Å².